The van der Waals surface area contributed by atoms with Gasteiger partial charge < -0.3 is 9.47 Å². The van der Waals surface area contributed by atoms with Gasteiger partial charge in [0.2, 0.25) is 0 Å². The summed E-state index contributed by atoms with van der Waals surface area (Å²) in [5.41, 5.74) is 6.88. The van der Waals surface area contributed by atoms with Gasteiger partial charge >= 0.3 is 5.97 Å². The number of thiophene rings is 1. The van der Waals surface area contributed by atoms with Gasteiger partial charge in [0.1, 0.15) is 5.75 Å². The lowest BCUT2D eigenvalue weighted by Gasteiger charge is -2.49. The molecule has 4 atom stereocenters. The Morgan fingerprint density at radius 3 is 2.88 bits per heavy atom. The molecule has 0 N–H and O–H groups in total. The number of hydrogen-bond donors (Lipinski definition) is 0. The summed E-state index contributed by atoms with van der Waals surface area (Å²) >= 11 is 1.68. The van der Waals surface area contributed by atoms with Gasteiger partial charge in [-0.25, -0.2) is 4.79 Å². The third-order valence-electron chi connectivity index (χ3n) is 8.65. The first kappa shape index (κ1) is 20.3. The minimum absolute atomic E-state index is 0.179. The topological polar surface area (TPSA) is 35.5 Å². The summed E-state index contributed by atoms with van der Waals surface area (Å²) in [6.07, 6.45) is 5.91. The van der Waals surface area contributed by atoms with Crippen LogP contribution in [0.15, 0.2) is 35.7 Å². The fourth-order valence-corrected chi connectivity index (χ4v) is 8.23. The average molecular weight is 447 g/mol. The molecular weight excluding hydrogens is 416 g/mol. The van der Waals surface area contributed by atoms with Crippen molar-refractivity contribution >= 4 is 27.4 Å². The molecule has 0 aliphatic heterocycles. The summed E-state index contributed by atoms with van der Waals surface area (Å²) < 4.78 is 12.0. The second-order valence-electron chi connectivity index (χ2n) is 9.98. The number of methoxy groups -OCH3 is 1. The van der Waals surface area contributed by atoms with Crippen molar-refractivity contribution in [3.63, 3.8) is 0 Å². The lowest BCUT2D eigenvalue weighted by Crippen LogP contribution is -2.43. The zero-order valence-electron chi connectivity index (χ0n) is 19.1. The summed E-state index contributed by atoms with van der Waals surface area (Å²) in [7, 11) is 1.75. The first-order valence-corrected chi connectivity index (χ1v) is 12.8. The van der Waals surface area contributed by atoms with Gasteiger partial charge in [0.15, 0.2) is 0 Å². The predicted molar refractivity (Wildman–Crippen MR) is 129 cm³/mol. The maximum absolute atomic E-state index is 12.7. The van der Waals surface area contributed by atoms with E-state index < -0.39 is 0 Å². The molecule has 3 aliphatic rings. The van der Waals surface area contributed by atoms with Crippen LogP contribution in [0.5, 0.6) is 5.75 Å². The molecule has 4 heteroatoms. The van der Waals surface area contributed by atoms with Crippen LogP contribution in [0.1, 0.15) is 71.6 Å². The molecule has 3 aromatic rings. The summed E-state index contributed by atoms with van der Waals surface area (Å²) in [6, 6.07) is 11.1. The normalized spacial score (nSPS) is 27.9. The van der Waals surface area contributed by atoms with E-state index in [9.17, 15) is 4.79 Å². The molecule has 1 fully saturated rings. The van der Waals surface area contributed by atoms with E-state index in [0.717, 1.165) is 28.9 Å². The smallest absolute Gasteiger partial charge is 0.339 e. The summed E-state index contributed by atoms with van der Waals surface area (Å²) in [5.74, 6) is 2.76. The van der Waals surface area contributed by atoms with Crippen molar-refractivity contribution in [3.05, 3.63) is 63.5 Å². The van der Waals surface area contributed by atoms with Crippen LogP contribution < -0.4 is 4.74 Å². The number of rotatable bonds is 3. The fourth-order valence-electron chi connectivity index (χ4n) is 7.33. The number of carbonyl (C=O) groups excluding carboxylic acids is 1. The lowest BCUT2D eigenvalue weighted by atomic mass is 9.54. The molecule has 0 spiro atoms. The Hall–Kier alpha value is -2.33. The molecule has 0 amide bonds. The Labute approximate surface area is 193 Å². The Bertz CT molecular complexity index is 1220. The van der Waals surface area contributed by atoms with Crippen LogP contribution in [0, 0.1) is 11.8 Å². The van der Waals surface area contributed by atoms with E-state index in [1.54, 1.807) is 24.0 Å². The molecule has 3 aliphatic carbocycles. The van der Waals surface area contributed by atoms with E-state index in [4.69, 9.17) is 9.47 Å². The Kier molecular flexibility index (Phi) is 4.66. The van der Waals surface area contributed by atoms with E-state index in [1.807, 2.05) is 6.92 Å². The SMILES string of the molecule is CCOC(=O)c1cc2c(c3ccsc13)C1(C)CCC3c4ccc(OC)cc4CCC3C1C2. The first-order chi connectivity index (χ1) is 15.5. The van der Waals surface area contributed by atoms with Crippen molar-refractivity contribution < 1.29 is 14.3 Å². The summed E-state index contributed by atoms with van der Waals surface area (Å²) in [4.78, 5) is 12.7. The van der Waals surface area contributed by atoms with E-state index in [2.05, 4.69) is 42.6 Å². The number of aryl methyl sites for hydroxylation is 1. The van der Waals surface area contributed by atoms with Gasteiger partial charge in [-0.15, -0.1) is 11.3 Å². The number of esters is 1. The third kappa shape index (κ3) is 2.75. The Morgan fingerprint density at radius 2 is 2.06 bits per heavy atom. The molecule has 1 aromatic heterocycles. The highest BCUT2D eigenvalue weighted by Crippen LogP contribution is 2.61. The first-order valence-electron chi connectivity index (χ1n) is 11.9. The molecule has 166 valence electrons. The highest BCUT2D eigenvalue weighted by molar-refractivity contribution is 7.17. The molecule has 2 aromatic carbocycles. The Balaban J connectivity index is 1.43. The minimum Gasteiger partial charge on any atom is -0.497 e. The van der Waals surface area contributed by atoms with Crippen molar-refractivity contribution in [1.82, 2.24) is 0 Å². The van der Waals surface area contributed by atoms with E-state index in [-0.39, 0.29) is 11.4 Å². The molecule has 1 saturated carbocycles. The second-order valence-corrected chi connectivity index (χ2v) is 10.9. The zero-order valence-corrected chi connectivity index (χ0v) is 19.9. The van der Waals surface area contributed by atoms with Crippen LogP contribution in [-0.4, -0.2) is 19.7 Å². The maximum Gasteiger partial charge on any atom is 0.339 e. The van der Waals surface area contributed by atoms with Crippen LogP contribution in [0.4, 0.5) is 0 Å². The van der Waals surface area contributed by atoms with E-state index in [0.29, 0.717) is 24.4 Å². The zero-order chi connectivity index (χ0) is 22.0. The predicted octanol–water partition coefficient (Wildman–Crippen LogP) is 6.66. The second kappa shape index (κ2) is 7.34. The monoisotopic (exact) mass is 446 g/mol. The number of hydrogen-bond acceptors (Lipinski definition) is 4. The molecule has 3 nitrogen and oxygen atoms in total. The molecule has 0 bridgehead atoms. The van der Waals surface area contributed by atoms with E-state index >= 15 is 0 Å². The molecule has 6 rings (SSSR count). The number of ether oxygens (including phenoxy) is 2. The van der Waals surface area contributed by atoms with Gasteiger partial charge in [-0.1, -0.05) is 13.0 Å². The molecule has 32 heavy (non-hydrogen) atoms. The van der Waals surface area contributed by atoms with Gasteiger partial charge in [0.05, 0.1) is 19.3 Å². The van der Waals surface area contributed by atoms with Crippen LogP contribution in [0.3, 0.4) is 0 Å². The average Bonchev–Trinajstić information content (AvgIpc) is 3.40. The molecular formula is C28H30O3S. The largest absolute Gasteiger partial charge is 0.497 e. The van der Waals surface area contributed by atoms with Crippen LogP contribution in [0.2, 0.25) is 0 Å². The standard InChI is InChI=1S/C28H30O3S/c1-4-31-27(29)23-14-17-15-24-21-7-5-16-13-18(30-3)6-8-19(16)20(21)9-11-28(24,2)25(17)22-10-12-32-26(22)23/h6,8,10,12-14,20-21,24H,4-5,7,9,11,15H2,1-3H3. The van der Waals surface area contributed by atoms with Crippen molar-refractivity contribution in [3.8, 4) is 5.75 Å². The highest BCUT2D eigenvalue weighted by Gasteiger charge is 2.53. The minimum atomic E-state index is -0.179. The van der Waals surface area contributed by atoms with Crippen LogP contribution in [-0.2, 0) is 23.0 Å². The van der Waals surface area contributed by atoms with Crippen molar-refractivity contribution in [2.75, 3.05) is 13.7 Å². The van der Waals surface area contributed by atoms with Crippen molar-refractivity contribution in [2.45, 2.75) is 57.3 Å². The summed E-state index contributed by atoms with van der Waals surface area (Å²) in [5, 5.41) is 3.43. The molecule has 1 heterocycles. The van der Waals surface area contributed by atoms with Crippen LogP contribution in [0.25, 0.3) is 10.1 Å². The molecule has 0 radical (unpaired) electrons. The summed E-state index contributed by atoms with van der Waals surface area (Å²) in [6.45, 7) is 4.80. The molecule has 0 saturated heterocycles. The lowest BCUT2D eigenvalue weighted by molar-refractivity contribution is 0.0529. The number of benzene rings is 2. The molecule has 4 unspecified atom stereocenters. The van der Waals surface area contributed by atoms with Crippen LogP contribution >= 0.6 is 11.3 Å². The van der Waals surface area contributed by atoms with E-state index in [1.165, 1.54) is 41.3 Å². The van der Waals surface area contributed by atoms with Gasteiger partial charge in [0.25, 0.3) is 0 Å². The maximum atomic E-state index is 12.7. The highest BCUT2D eigenvalue weighted by atomic mass is 32.1. The Morgan fingerprint density at radius 1 is 1.19 bits per heavy atom. The van der Waals surface area contributed by atoms with Gasteiger partial charge in [0, 0.05) is 4.70 Å². The quantitative estimate of drug-likeness (QED) is 0.422. The van der Waals surface area contributed by atoms with Crippen molar-refractivity contribution in [2.24, 2.45) is 11.8 Å². The number of fused-ring (bicyclic) bond motifs is 9. The third-order valence-corrected chi connectivity index (χ3v) is 9.60. The fraction of sp³-hybridized carbons (Fsp3) is 0.464. The number of carbonyl (C=O) groups is 1. The van der Waals surface area contributed by atoms with Gasteiger partial charge in [-0.3, -0.25) is 0 Å². The van der Waals surface area contributed by atoms with Gasteiger partial charge in [-0.05, 0) is 119 Å². The van der Waals surface area contributed by atoms with Crippen molar-refractivity contribution in [1.29, 1.82) is 0 Å². The van der Waals surface area contributed by atoms with Gasteiger partial charge in [-0.2, -0.15) is 0 Å².